The highest BCUT2D eigenvalue weighted by molar-refractivity contribution is 6.08. The number of amides is 2. The minimum atomic E-state index is -4.44. The number of methoxy groups -OCH3 is 1. The minimum Gasteiger partial charge on any atom is -0.468 e. The molecule has 2 N–H and O–H groups in total. The summed E-state index contributed by atoms with van der Waals surface area (Å²) in [7, 11) is 1.28. The average molecular weight is 630 g/mol. The molecule has 238 valence electrons. The van der Waals surface area contributed by atoms with Crippen LogP contribution < -0.4 is 10.6 Å². The topological polar surface area (TPSA) is 87.7 Å². The normalized spacial score (nSPS) is 14.7. The summed E-state index contributed by atoms with van der Waals surface area (Å²) < 4.78 is 43.7. The van der Waals surface area contributed by atoms with Crippen LogP contribution in [0, 0.1) is 0 Å². The molecule has 0 aliphatic carbocycles. The van der Waals surface area contributed by atoms with Crippen LogP contribution in [0.4, 0.5) is 18.9 Å². The van der Waals surface area contributed by atoms with E-state index in [9.17, 15) is 27.6 Å². The fourth-order valence-corrected chi connectivity index (χ4v) is 5.79. The van der Waals surface area contributed by atoms with Gasteiger partial charge in [0.1, 0.15) is 12.6 Å². The van der Waals surface area contributed by atoms with Crippen molar-refractivity contribution in [3.05, 3.63) is 125 Å². The van der Waals surface area contributed by atoms with Gasteiger partial charge in [-0.1, -0.05) is 72.8 Å². The lowest BCUT2D eigenvalue weighted by molar-refractivity contribution is -0.142. The number of alkyl halides is 3. The SMILES string of the molecule is COC(=O)CNC(=O)C(c1ccccc1)N1CCC(c2ccc(NC(=O)c3ccccc3-c3ccc(C(F)(F)F)cc3)cc2)CC1. The van der Waals surface area contributed by atoms with Crippen molar-refractivity contribution in [3.63, 3.8) is 0 Å². The van der Waals surface area contributed by atoms with Gasteiger partial charge < -0.3 is 15.4 Å². The molecular weight excluding hydrogens is 595 g/mol. The van der Waals surface area contributed by atoms with Crippen molar-refractivity contribution in [2.45, 2.75) is 31.0 Å². The molecule has 10 heteroatoms. The van der Waals surface area contributed by atoms with Crippen LogP contribution in [-0.2, 0) is 20.5 Å². The molecule has 1 saturated heterocycles. The first-order chi connectivity index (χ1) is 22.1. The number of benzene rings is 4. The van der Waals surface area contributed by atoms with Crippen molar-refractivity contribution in [1.82, 2.24) is 10.2 Å². The van der Waals surface area contributed by atoms with Crippen LogP contribution in [0.1, 0.15) is 51.8 Å². The predicted molar refractivity (Wildman–Crippen MR) is 169 cm³/mol. The van der Waals surface area contributed by atoms with E-state index in [0.29, 0.717) is 35.5 Å². The van der Waals surface area contributed by atoms with E-state index in [2.05, 4.69) is 20.3 Å². The molecule has 1 heterocycles. The summed E-state index contributed by atoms with van der Waals surface area (Å²) in [5.74, 6) is -0.873. The highest BCUT2D eigenvalue weighted by Crippen LogP contribution is 2.34. The Balaban J connectivity index is 1.22. The number of nitrogens with one attached hydrogen (secondary N) is 2. The Bertz CT molecular complexity index is 1650. The van der Waals surface area contributed by atoms with E-state index in [-0.39, 0.29) is 24.3 Å². The van der Waals surface area contributed by atoms with Crippen LogP contribution >= 0.6 is 0 Å². The number of hydrogen-bond acceptors (Lipinski definition) is 5. The van der Waals surface area contributed by atoms with E-state index in [4.69, 9.17) is 0 Å². The van der Waals surface area contributed by atoms with Crippen molar-refractivity contribution < 1.29 is 32.3 Å². The maximum Gasteiger partial charge on any atom is 0.416 e. The third-order valence-electron chi connectivity index (χ3n) is 8.23. The van der Waals surface area contributed by atoms with Crippen LogP contribution in [0.3, 0.4) is 0 Å². The van der Waals surface area contributed by atoms with Crippen molar-refractivity contribution in [2.75, 3.05) is 32.1 Å². The van der Waals surface area contributed by atoms with Gasteiger partial charge in [0.05, 0.1) is 12.7 Å². The maximum absolute atomic E-state index is 13.2. The van der Waals surface area contributed by atoms with Gasteiger partial charge in [0.2, 0.25) is 5.91 Å². The summed E-state index contributed by atoms with van der Waals surface area (Å²) in [6.45, 7) is 1.16. The molecule has 5 rings (SSSR count). The first-order valence-electron chi connectivity index (χ1n) is 15.0. The van der Waals surface area contributed by atoms with E-state index in [1.807, 2.05) is 54.6 Å². The third-order valence-corrected chi connectivity index (χ3v) is 8.23. The van der Waals surface area contributed by atoms with Gasteiger partial charge in [-0.05, 0) is 84.4 Å². The molecule has 0 saturated carbocycles. The van der Waals surface area contributed by atoms with Crippen LogP contribution in [0.5, 0.6) is 0 Å². The smallest absolute Gasteiger partial charge is 0.416 e. The Morgan fingerprint density at radius 1 is 0.848 bits per heavy atom. The Labute approximate surface area is 265 Å². The number of ether oxygens (including phenoxy) is 1. The molecule has 7 nitrogen and oxygen atoms in total. The number of likely N-dealkylation sites (tertiary alicyclic amines) is 1. The summed E-state index contributed by atoms with van der Waals surface area (Å²) in [5.41, 5.74) is 3.21. The average Bonchev–Trinajstić information content (AvgIpc) is 3.08. The minimum absolute atomic E-state index is 0.196. The van der Waals surface area contributed by atoms with Gasteiger partial charge in [-0.2, -0.15) is 13.2 Å². The predicted octanol–water partition coefficient (Wildman–Crippen LogP) is 6.83. The number of esters is 1. The molecule has 0 radical (unpaired) electrons. The van der Waals surface area contributed by atoms with Crippen molar-refractivity contribution in [3.8, 4) is 11.1 Å². The first-order valence-corrected chi connectivity index (χ1v) is 15.0. The standard InChI is InChI=1S/C36H34F3N3O4/c1-46-32(43)23-40-35(45)33(27-7-3-2-4-8-27)42-21-19-25(20-22-42)24-13-17-29(18-14-24)41-34(44)31-10-6-5-9-30(31)26-11-15-28(16-12-26)36(37,38)39/h2-18,25,33H,19-23H2,1H3,(H,40,45)(H,41,44). The van der Waals surface area contributed by atoms with Crippen LogP contribution in [-0.4, -0.2) is 49.4 Å². The lowest BCUT2D eigenvalue weighted by Crippen LogP contribution is -2.45. The second kappa shape index (κ2) is 14.4. The molecular formula is C36H34F3N3O4. The molecule has 1 fully saturated rings. The van der Waals surface area contributed by atoms with E-state index >= 15 is 0 Å². The van der Waals surface area contributed by atoms with Crippen LogP contribution in [0.2, 0.25) is 0 Å². The molecule has 1 atom stereocenters. The van der Waals surface area contributed by atoms with Crippen molar-refractivity contribution in [1.29, 1.82) is 0 Å². The van der Waals surface area contributed by atoms with Crippen molar-refractivity contribution in [2.24, 2.45) is 0 Å². The number of halogens is 3. The molecule has 1 aliphatic heterocycles. The first kappa shape index (κ1) is 32.4. The van der Waals surface area contributed by atoms with Gasteiger partial charge in [-0.25, -0.2) is 0 Å². The van der Waals surface area contributed by atoms with Crippen molar-refractivity contribution >= 4 is 23.5 Å². The zero-order valence-electron chi connectivity index (χ0n) is 25.2. The summed E-state index contributed by atoms with van der Waals surface area (Å²) in [4.78, 5) is 40.1. The summed E-state index contributed by atoms with van der Waals surface area (Å²) in [6, 6.07) is 28.1. The molecule has 46 heavy (non-hydrogen) atoms. The molecule has 1 unspecified atom stereocenters. The molecule has 0 spiro atoms. The molecule has 0 bridgehead atoms. The zero-order chi connectivity index (χ0) is 32.7. The Kier molecular flexibility index (Phi) is 10.2. The van der Waals surface area contributed by atoms with Gasteiger partial charge in [0, 0.05) is 11.3 Å². The maximum atomic E-state index is 13.2. The molecule has 1 aliphatic rings. The van der Waals surface area contributed by atoms with E-state index in [1.165, 1.54) is 19.2 Å². The Hall–Kier alpha value is -4.96. The number of anilines is 1. The number of hydrogen-bond donors (Lipinski definition) is 2. The van der Waals surface area contributed by atoms with Crippen LogP contribution in [0.25, 0.3) is 11.1 Å². The molecule has 2 amide bonds. The number of rotatable bonds is 9. The largest absolute Gasteiger partial charge is 0.468 e. The quantitative estimate of drug-likeness (QED) is 0.198. The van der Waals surface area contributed by atoms with Crippen LogP contribution in [0.15, 0.2) is 103 Å². The summed E-state index contributed by atoms with van der Waals surface area (Å²) in [6.07, 6.45) is -2.80. The fraction of sp³-hybridized carbons (Fsp3) is 0.250. The molecule has 4 aromatic carbocycles. The lowest BCUT2D eigenvalue weighted by atomic mass is 9.88. The zero-order valence-corrected chi connectivity index (χ0v) is 25.2. The fourth-order valence-electron chi connectivity index (χ4n) is 5.79. The van der Waals surface area contributed by atoms with Gasteiger partial charge in [0.25, 0.3) is 5.91 Å². The second-order valence-electron chi connectivity index (χ2n) is 11.1. The Morgan fingerprint density at radius 2 is 1.48 bits per heavy atom. The highest BCUT2D eigenvalue weighted by Gasteiger charge is 2.32. The van der Waals surface area contributed by atoms with Gasteiger partial charge in [-0.15, -0.1) is 0 Å². The second-order valence-corrected chi connectivity index (χ2v) is 11.1. The number of nitrogens with zero attached hydrogens (tertiary/aromatic N) is 1. The number of carbonyl (C=O) groups is 3. The van der Waals surface area contributed by atoms with E-state index in [0.717, 1.165) is 36.1 Å². The van der Waals surface area contributed by atoms with E-state index in [1.54, 1.807) is 24.3 Å². The third kappa shape index (κ3) is 7.81. The van der Waals surface area contributed by atoms with Gasteiger partial charge in [0.15, 0.2) is 0 Å². The number of piperidine rings is 1. The summed E-state index contributed by atoms with van der Waals surface area (Å²) >= 11 is 0. The van der Waals surface area contributed by atoms with Gasteiger partial charge >= 0.3 is 12.1 Å². The van der Waals surface area contributed by atoms with E-state index < -0.39 is 23.8 Å². The van der Waals surface area contributed by atoms with Gasteiger partial charge in [-0.3, -0.25) is 19.3 Å². The Morgan fingerprint density at radius 3 is 2.11 bits per heavy atom. The lowest BCUT2D eigenvalue weighted by Gasteiger charge is -2.37. The highest BCUT2D eigenvalue weighted by atomic mass is 19.4. The molecule has 0 aromatic heterocycles. The molecule has 4 aromatic rings. The monoisotopic (exact) mass is 629 g/mol. The number of carbonyl (C=O) groups excluding carboxylic acids is 3. The summed E-state index contributed by atoms with van der Waals surface area (Å²) in [5, 5.41) is 5.60.